The minimum atomic E-state index is -0.610. The molecule has 1 aromatic rings. The monoisotopic (exact) mass is 350 g/mol. The van der Waals surface area contributed by atoms with Crippen LogP contribution in [0.4, 0.5) is 9.18 Å². The molecule has 1 aliphatic rings. The van der Waals surface area contributed by atoms with Crippen molar-refractivity contribution in [2.45, 2.75) is 58.2 Å². The highest BCUT2D eigenvalue weighted by molar-refractivity contribution is 5.85. The number of likely N-dealkylation sites (tertiary alicyclic amines) is 1. The van der Waals surface area contributed by atoms with Gasteiger partial charge in [-0.2, -0.15) is 0 Å². The largest absolute Gasteiger partial charge is 0.444 e. The summed E-state index contributed by atoms with van der Waals surface area (Å²) in [5.74, 6) is -0.524. The Morgan fingerprint density at radius 2 is 1.96 bits per heavy atom. The maximum atomic E-state index is 13.8. The van der Waals surface area contributed by atoms with E-state index >= 15 is 0 Å². The van der Waals surface area contributed by atoms with E-state index in [0.717, 1.165) is 12.8 Å². The molecule has 0 aromatic heterocycles. The Hall–Kier alpha value is -2.11. The zero-order valence-corrected chi connectivity index (χ0v) is 15.4. The SMILES string of the molecule is CN(Cc1ccccc1F)C(=O)C1CCCCN1C(=O)OC(C)(C)C. The number of nitrogens with zero attached hydrogens (tertiary/aromatic N) is 2. The number of benzene rings is 1. The molecule has 0 saturated carbocycles. The maximum absolute atomic E-state index is 13.8. The summed E-state index contributed by atoms with van der Waals surface area (Å²) in [6, 6.07) is 5.84. The average Bonchev–Trinajstić information content (AvgIpc) is 2.54. The van der Waals surface area contributed by atoms with Crippen molar-refractivity contribution in [3.8, 4) is 0 Å². The van der Waals surface area contributed by atoms with Crippen LogP contribution in [0.25, 0.3) is 0 Å². The second kappa shape index (κ2) is 7.85. The Bertz CT molecular complexity index is 627. The van der Waals surface area contributed by atoms with Gasteiger partial charge in [-0.3, -0.25) is 9.69 Å². The first-order valence-corrected chi connectivity index (χ1v) is 8.67. The lowest BCUT2D eigenvalue weighted by Crippen LogP contribution is -2.53. The molecule has 1 aromatic carbocycles. The fourth-order valence-corrected chi connectivity index (χ4v) is 2.94. The molecule has 2 amide bonds. The zero-order chi connectivity index (χ0) is 18.6. The van der Waals surface area contributed by atoms with Crippen LogP contribution in [0.15, 0.2) is 24.3 Å². The van der Waals surface area contributed by atoms with Crippen LogP contribution in [-0.2, 0) is 16.1 Å². The maximum Gasteiger partial charge on any atom is 0.410 e. The normalized spacial score (nSPS) is 18.0. The third-order valence-electron chi connectivity index (χ3n) is 4.16. The fraction of sp³-hybridized carbons (Fsp3) is 0.579. The molecule has 1 heterocycles. The van der Waals surface area contributed by atoms with Crippen LogP contribution in [0.2, 0.25) is 0 Å². The van der Waals surface area contributed by atoms with Gasteiger partial charge >= 0.3 is 6.09 Å². The summed E-state index contributed by atoms with van der Waals surface area (Å²) in [6.45, 7) is 6.07. The first-order valence-electron chi connectivity index (χ1n) is 8.67. The van der Waals surface area contributed by atoms with Gasteiger partial charge < -0.3 is 9.64 Å². The van der Waals surface area contributed by atoms with Gasteiger partial charge in [-0.05, 0) is 46.1 Å². The Morgan fingerprint density at radius 1 is 1.28 bits per heavy atom. The number of halogens is 1. The van der Waals surface area contributed by atoms with E-state index in [1.54, 1.807) is 46.0 Å². The van der Waals surface area contributed by atoms with Crippen molar-refractivity contribution in [2.75, 3.05) is 13.6 Å². The molecule has 1 fully saturated rings. The average molecular weight is 350 g/mol. The molecule has 0 bridgehead atoms. The second-order valence-electron chi connectivity index (χ2n) is 7.47. The van der Waals surface area contributed by atoms with E-state index < -0.39 is 17.7 Å². The number of likely N-dealkylation sites (N-methyl/N-ethyl adjacent to an activating group) is 1. The highest BCUT2D eigenvalue weighted by atomic mass is 19.1. The number of hydrogen-bond acceptors (Lipinski definition) is 3. The van der Waals surface area contributed by atoms with E-state index in [1.807, 2.05) is 0 Å². The number of piperidine rings is 1. The summed E-state index contributed by atoms with van der Waals surface area (Å²) in [4.78, 5) is 28.3. The summed E-state index contributed by atoms with van der Waals surface area (Å²) >= 11 is 0. The predicted octanol–water partition coefficient (Wildman–Crippen LogP) is 3.57. The van der Waals surface area contributed by atoms with Gasteiger partial charge in [-0.15, -0.1) is 0 Å². The molecule has 6 heteroatoms. The molecule has 1 atom stereocenters. The van der Waals surface area contributed by atoms with Crippen LogP contribution in [0.5, 0.6) is 0 Å². The van der Waals surface area contributed by atoms with Crippen molar-refractivity contribution in [1.29, 1.82) is 0 Å². The zero-order valence-electron chi connectivity index (χ0n) is 15.4. The molecule has 1 aliphatic heterocycles. The quantitative estimate of drug-likeness (QED) is 0.837. The molecular weight excluding hydrogens is 323 g/mol. The molecule has 0 N–H and O–H groups in total. The van der Waals surface area contributed by atoms with Gasteiger partial charge in [0.05, 0.1) is 0 Å². The number of hydrogen-bond donors (Lipinski definition) is 0. The van der Waals surface area contributed by atoms with E-state index in [-0.39, 0.29) is 18.3 Å². The first kappa shape index (κ1) is 19.2. The number of carbonyl (C=O) groups excluding carboxylic acids is 2. The van der Waals surface area contributed by atoms with Crippen LogP contribution >= 0.6 is 0 Å². The van der Waals surface area contributed by atoms with Gasteiger partial charge in [0.25, 0.3) is 0 Å². The van der Waals surface area contributed by atoms with E-state index in [9.17, 15) is 14.0 Å². The van der Waals surface area contributed by atoms with Gasteiger partial charge in [0.15, 0.2) is 0 Å². The van der Waals surface area contributed by atoms with E-state index in [1.165, 1.54) is 15.9 Å². The standard InChI is InChI=1S/C19H27FN2O3/c1-19(2,3)25-18(24)22-12-8-7-11-16(22)17(23)21(4)13-14-9-5-6-10-15(14)20/h5-6,9-10,16H,7-8,11-13H2,1-4H3. The van der Waals surface area contributed by atoms with Crippen LogP contribution in [0, 0.1) is 5.82 Å². The highest BCUT2D eigenvalue weighted by Gasteiger charge is 2.36. The summed E-state index contributed by atoms with van der Waals surface area (Å²) in [6.07, 6.45) is 1.85. The van der Waals surface area contributed by atoms with Crippen LogP contribution in [0.3, 0.4) is 0 Å². The van der Waals surface area contributed by atoms with Gasteiger partial charge in [-0.25, -0.2) is 9.18 Å². The Labute approximate surface area is 148 Å². The Kier molecular flexibility index (Phi) is 6.03. The minimum absolute atomic E-state index is 0.171. The lowest BCUT2D eigenvalue weighted by atomic mass is 10.0. The fourth-order valence-electron chi connectivity index (χ4n) is 2.94. The van der Waals surface area contributed by atoms with Gasteiger partial charge in [0.2, 0.25) is 5.91 Å². The second-order valence-corrected chi connectivity index (χ2v) is 7.47. The molecule has 0 spiro atoms. The molecule has 0 aliphatic carbocycles. The van der Waals surface area contributed by atoms with Crippen molar-refractivity contribution in [3.63, 3.8) is 0 Å². The molecule has 5 nitrogen and oxygen atoms in total. The number of amides is 2. The minimum Gasteiger partial charge on any atom is -0.444 e. The highest BCUT2D eigenvalue weighted by Crippen LogP contribution is 2.22. The molecule has 138 valence electrons. The van der Waals surface area contributed by atoms with Gasteiger partial charge in [0, 0.05) is 25.7 Å². The van der Waals surface area contributed by atoms with E-state index in [4.69, 9.17) is 4.74 Å². The molecule has 2 rings (SSSR count). The first-order chi connectivity index (χ1) is 11.7. The molecular formula is C19H27FN2O3. The van der Waals surface area contributed by atoms with Crippen molar-refractivity contribution >= 4 is 12.0 Å². The van der Waals surface area contributed by atoms with E-state index in [2.05, 4.69) is 0 Å². The van der Waals surface area contributed by atoms with Gasteiger partial charge in [-0.1, -0.05) is 18.2 Å². The third-order valence-corrected chi connectivity index (χ3v) is 4.16. The Balaban J connectivity index is 2.09. The molecule has 25 heavy (non-hydrogen) atoms. The molecule has 1 unspecified atom stereocenters. The topological polar surface area (TPSA) is 49.9 Å². The van der Waals surface area contributed by atoms with Gasteiger partial charge in [0.1, 0.15) is 17.5 Å². The van der Waals surface area contributed by atoms with Crippen LogP contribution in [0.1, 0.15) is 45.6 Å². The lowest BCUT2D eigenvalue weighted by Gasteiger charge is -2.37. The molecule has 1 saturated heterocycles. The lowest BCUT2D eigenvalue weighted by molar-refractivity contribution is -0.137. The summed E-state index contributed by atoms with van der Waals surface area (Å²) in [5.41, 5.74) is -0.153. The predicted molar refractivity (Wildman–Crippen MR) is 93.5 cm³/mol. The number of carbonyl (C=O) groups is 2. The van der Waals surface area contributed by atoms with Crippen LogP contribution in [-0.4, -0.2) is 47.0 Å². The van der Waals surface area contributed by atoms with Crippen LogP contribution < -0.4 is 0 Å². The smallest absolute Gasteiger partial charge is 0.410 e. The van der Waals surface area contributed by atoms with Crippen molar-refractivity contribution in [2.24, 2.45) is 0 Å². The van der Waals surface area contributed by atoms with Crippen molar-refractivity contribution < 1.29 is 18.7 Å². The van der Waals surface area contributed by atoms with E-state index in [0.29, 0.717) is 18.5 Å². The Morgan fingerprint density at radius 3 is 2.60 bits per heavy atom. The number of ether oxygens (including phenoxy) is 1. The summed E-state index contributed by atoms with van der Waals surface area (Å²) in [7, 11) is 1.64. The molecule has 0 radical (unpaired) electrons. The number of rotatable bonds is 3. The summed E-state index contributed by atoms with van der Waals surface area (Å²) in [5, 5.41) is 0. The van der Waals surface area contributed by atoms with Crippen molar-refractivity contribution in [1.82, 2.24) is 9.80 Å². The third kappa shape index (κ3) is 5.18. The summed E-state index contributed by atoms with van der Waals surface area (Å²) < 4.78 is 19.3. The van der Waals surface area contributed by atoms with Crippen molar-refractivity contribution in [3.05, 3.63) is 35.6 Å².